The van der Waals surface area contributed by atoms with Gasteiger partial charge in [0.15, 0.2) is 5.69 Å². The number of benzene rings is 1. The molecular formula is C12H10F2N2O3. The first kappa shape index (κ1) is 13.0. The first-order chi connectivity index (χ1) is 9.02. The minimum Gasteiger partial charge on any atom is -0.493 e. The molecule has 0 atom stereocenters. The number of hydrogen-bond donors (Lipinski definition) is 1. The lowest BCUT2D eigenvalue weighted by molar-refractivity contribution is 0.0519. The SMILES string of the molecule is CCOC(=O)c1cc(O)n(-c2cc(F)ccc2F)n1. The highest BCUT2D eigenvalue weighted by Gasteiger charge is 2.18. The summed E-state index contributed by atoms with van der Waals surface area (Å²) in [7, 11) is 0. The molecule has 5 nitrogen and oxygen atoms in total. The number of esters is 1. The molecule has 0 unspecified atom stereocenters. The molecule has 0 bridgehead atoms. The van der Waals surface area contributed by atoms with Crippen LogP contribution >= 0.6 is 0 Å². The summed E-state index contributed by atoms with van der Waals surface area (Å²) in [5, 5.41) is 13.3. The average molecular weight is 268 g/mol. The fourth-order valence-corrected chi connectivity index (χ4v) is 1.50. The third-order valence-corrected chi connectivity index (χ3v) is 2.31. The zero-order valence-corrected chi connectivity index (χ0v) is 9.93. The Morgan fingerprint density at radius 3 is 2.84 bits per heavy atom. The summed E-state index contributed by atoms with van der Waals surface area (Å²) in [5.74, 6) is -2.72. The highest BCUT2D eigenvalue weighted by Crippen LogP contribution is 2.21. The molecule has 0 aliphatic heterocycles. The van der Waals surface area contributed by atoms with Crippen molar-refractivity contribution in [2.24, 2.45) is 0 Å². The van der Waals surface area contributed by atoms with Gasteiger partial charge in [-0.3, -0.25) is 0 Å². The number of rotatable bonds is 3. The van der Waals surface area contributed by atoms with Gasteiger partial charge in [-0.25, -0.2) is 13.6 Å². The molecule has 0 fully saturated rings. The minimum absolute atomic E-state index is 0.140. The van der Waals surface area contributed by atoms with E-state index >= 15 is 0 Å². The summed E-state index contributed by atoms with van der Waals surface area (Å²) in [6.07, 6.45) is 0. The van der Waals surface area contributed by atoms with Crippen molar-refractivity contribution in [1.82, 2.24) is 9.78 Å². The van der Waals surface area contributed by atoms with Crippen molar-refractivity contribution in [3.05, 3.63) is 41.6 Å². The number of ether oxygens (including phenoxy) is 1. The fourth-order valence-electron chi connectivity index (χ4n) is 1.50. The van der Waals surface area contributed by atoms with Crippen molar-refractivity contribution in [1.29, 1.82) is 0 Å². The van der Waals surface area contributed by atoms with E-state index in [1.54, 1.807) is 6.92 Å². The van der Waals surface area contributed by atoms with Gasteiger partial charge in [-0.15, -0.1) is 0 Å². The van der Waals surface area contributed by atoms with Crippen LogP contribution in [0.2, 0.25) is 0 Å². The quantitative estimate of drug-likeness (QED) is 0.865. The lowest BCUT2D eigenvalue weighted by atomic mass is 10.3. The second-order valence-corrected chi connectivity index (χ2v) is 3.62. The van der Waals surface area contributed by atoms with Gasteiger partial charge in [0.2, 0.25) is 5.88 Å². The van der Waals surface area contributed by atoms with E-state index in [0.717, 1.165) is 28.9 Å². The molecule has 7 heteroatoms. The average Bonchev–Trinajstić information content (AvgIpc) is 2.75. The maximum absolute atomic E-state index is 13.5. The molecule has 0 saturated heterocycles. The smallest absolute Gasteiger partial charge is 0.358 e. The Morgan fingerprint density at radius 2 is 2.16 bits per heavy atom. The molecule has 1 heterocycles. The molecule has 0 radical (unpaired) electrons. The van der Waals surface area contributed by atoms with Gasteiger partial charge in [-0.05, 0) is 19.1 Å². The van der Waals surface area contributed by atoms with Crippen molar-refractivity contribution in [3.63, 3.8) is 0 Å². The number of aromatic nitrogens is 2. The van der Waals surface area contributed by atoms with Crippen LogP contribution < -0.4 is 0 Å². The predicted molar refractivity (Wildman–Crippen MR) is 61.1 cm³/mol. The van der Waals surface area contributed by atoms with Crippen molar-refractivity contribution < 1.29 is 23.4 Å². The fraction of sp³-hybridized carbons (Fsp3) is 0.167. The molecule has 100 valence electrons. The van der Waals surface area contributed by atoms with Crippen LogP contribution in [0.4, 0.5) is 8.78 Å². The van der Waals surface area contributed by atoms with E-state index in [2.05, 4.69) is 5.10 Å². The van der Waals surface area contributed by atoms with Gasteiger partial charge in [0.1, 0.15) is 17.3 Å². The van der Waals surface area contributed by atoms with Crippen LogP contribution in [-0.4, -0.2) is 27.5 Å². The summed E-state index contributed by atoms with van der Waals surface area (Å²) in [6.45, 7) is 1.75. The number of hydrogen-bond acceptors (Lipinski definition) is 4. The third-order valence-electron chi connectivity index (χ3n) is 2.31. The molecule has 2 rings (SSSR count). The van der Waals surface area contributed by atoms with E-state index < -0.39 is 23.5 Å². The van der Waals surface area contributed by atoms with E-state index in [1.165, 1.54) is 0 Å². The number of halogens is 2. The Bertz CT molecular complexity index is 625. The van der Waals surface area contributed by atoms with Crippen molar-refractivity contribution in [2.45, 2.75) is 6.92 Å². The normalized spacial score (nSPS) is 10.5. The predicted octanol–water partition coefficient (Wildman–Crippen LogP) is 2.03. The van der Waals surface area contributed by atoms with Crippen LogP contribution in [0.5, 0.6) is 5.88 Å². The highest BCUT2D eigenvalue weighted by atomic mass is 19.1. The van der Waals surface area contributed by atoms with Crippen molar-refractivity contribution in [3.8, 4) is 11.6 Å². The van der Waals surface area contributed by atoms with Crippen LogP contribution in [0.1, 0.15) is 17.4 Å². The van der Waals surface area contributed by atoms with Crippen molar-refractivity contribution in [2.75, 3.05) is 6.61 Å². The number of carbonyl (C=O) groups is 1. The van der Waals surface area contributed by atoms with E-state index in [1.807, 2.05) is 0 Å². The summed E-state index contributed by atoms with van der Waals surface area (Å²) in [4.78, 5) is 11.4. The van der Waals surface area contributed by atoms with Crippen LogP contribution in [0.3, 0.4) is 0 Å². The molecule has 0 amide bonds. The maximum Gasteiger partial charge on any atom is 0.358 e. The zero-order chi connectivity index (χ0) is 14.0. The molecular weight excluding hydrogens is 258 g/mol. The van der Waals surface area contributed by atoms with E-state index in [0.29, 0.717) is 0 Å². The topological polar surface area (TPSA) is 64.3 Å². The summed E-state index contributed by atoms with van der Waals surface area (Å²) < 4.78 is 32.0. The van der Waals surface area contributed by atoms with Gasteiger partial charge in [0.25, 0.3) is 0 Å². The highest BCUT2D eigenvalue weighted by molar-refractivity contribution is 5.87. The first-order valence-corrected chi connectivity index (χ1v) is 5.44. The molecule has 0 aliphatic carbocycles. The monoisotopic (exact) mass is 268 g/mol. The summed E-state index contributed by atoms with van der Waals surface area (Å²) >= 11 is 0. The molecule has 1 aromatic heterocycles. The van der Waals surface area contributed by atoms with Gasteiger partial charge in [-0.1, -0.05) is 0 Å². The Labute approximate surface area is 107 Å². The Balaban J connectivity index is 2.46. The largest absolute Gasteiger partial charge is 0.493 e. The van der Waals surface area contributed by atoms with Gasteiger partial charge in [0.05, 0.1) is 6.61 Å². The second-order valence-electron chi connectivity index (χ2n) is 3.62. The molecule has 0 aliphatic rings. The van der Waals surface area contributed by atoms with Crippen LogP contribution in [0, 0.1) is 11.6 Å². The lowest BCUT2D eigenvalue weighted by Gasteiger charge is -2.04. The number of carbonyl (C=O) groups excluding carboxylic acids is 1. The number of nitrogens with zero attached hydrogens (tertiary/aromatic N) is 2. The number of aromatic hydroxyl groups is 1. The Hall–Kier alpha value is -2.44. The minimum atomic E-state index is -0.782. The molecule has 1 aromatic carbocycles. The van der Waals surface area contributed by atoms with E-state index in [-0.39, 0.29) is 18.0 Å². The lowest BCUT2D eigenvalue weighted by Crippen LogP contribution is -2.07. The van der Waals surface area contributed by atoms with Crippen LogP contribution in [0.15, 0.2) is 24.3 Å². The molecule has 19 heavy (non-hydrogen) atoms. The van der Waals surface area contributed by atoms with Crippen molar-refractivity contribution >= 4 is 5.97 Å². The summed E-state index contributed by atoms with van der Waals surface area (Å²) in [5.41, 5.74) is -0.490. The Kier molecular flexibility index (Phi) is 3.46. The molecule has 0 spiro atoms. The van der Waals surface area contributed by atoms with Gasteiger partial charge in [-0.2, -0.15) is 9.78 Å². The summed E-state index contributed by atoms with van der Waals surface area (Å²) in [6, 6.07) is 3.71. The van der Waals surface area contributed by atoms with Gasteiger partial charge < -0.3 is 9.84 Å². The van der Waals surface area contributed by atoms with Gasteiger partial charge in [0, 0.05) is 12.1 Å². The molecule has 1 N–H and O–H groups in total. The molecule has 0 saturated carbocycles. The van der Waals surface area contributed by atoms with E-state index in [9.17, 15) is 18.7 Å². The second kappa shape index (κ2) is 5.05. The maximum atomic E-state index is 13.5. The van der Waals surface area contributed by atoms with Gasteiger partial charge >= 0.3 is 5.97 Å². The first-order valence-electron chi connectivity index (χ1n) is 5.44. The third kappa shape index (κ3) is 2.54. The standard InChI is InChI=1S/C12H10F2N2O3/c1-2-19-12(18)9-6-11(17)16(15-9)10-5-7(13)3-4-8(10)14/h3-6,17H,2H2,1H3. The van der Waals surface area contributed by atoms with E-state index in [4.69, 9.17) is 4.74 Å². The Morgan fingerprint density at radius 1 is 1.42 bits per heavy atom. The zero-order valence-electron chi connectivity index (χ0n) is 9.93. The molecule has 2 aromatic rings. The van der Waals surface area contributed by atoms with Crippen LogP contribution in [-0.2, 0) is 4.74 Å². The van der Waals surface area contributed by atoms with Crippen LogP contribution in [0.25, 0.3) is 5.69 Å².